The number of carbonyl (C=O) groups is 1. The topological polar surface area (TPSA) is 116 Å². The van der Waals surface area contributed by atoms with Crippen molar-refractivity contribution in [2.24, 2.45) is 5.10 Å². The lowest BCUT2D eigenvalue weighted by Gasteiger charge is -2.07. The van der Waals surface area contributed by atoms with Gasteiger partial charge in [0, 0.05) is 23.7 Å². The smallest absolute Gasteiger partial charge is 0.277 e. The maximum Gasteiger partial charge on any atom is 0.277 e. The minimum Gasteiger partial charge on any atom is -0.489 e. The van der Waals surface area contributed by atoms with E-state index in [9.17, 15) is 14.9 Å². The second-order valence-corrected chi connectivity index (χ2v) is 7.20. The van der Waals surface area contributed by atoms with E-state index in [4.69, 9.17) is 9.47 Å². The Kier molecular flexibility index (Phi) is 7.04. The van der Waals surface area contributed by atoms with Gasteiger partial charge in [0.25, 0.3) is 11.6 Å². The number of hydrazone groups is 1. The second-order valence-electron chi connectivity index (χ2n) is 7.20. The molecule has 0 fully saturated rings. The minimum atomic E-state index is -0.441. The number of nitro groups is 1. The molecule has 0 radical (unpaired) electrons. The summed E-state index contributed by atoms with van der Waals surface area (Å²) in [7, 11) is 0. The molecule has 1 amide bonds. The molecule has 0 unspecified atom stereocenters. The van der Waals surface area contributed by atoms with E-state index in [-0.39, 0.29) is 18.9 Å². The van der Waals surface area contributed by atoms with Crippen molar-refractivity contribution in [3.8, 4) is 11.5 Å². The van der Waals surface area contributed by atoms with Crippen LogP contribution in [0, 0.1) is 10.1 Å². The standard InChI is InChI=1S/C25H20N4O5/c30-24(17-34-23-8-2-5-20-6-3-13-26-25(20)23)28-27-15-18-9-11-22(12-10-18)33-16-19-4-1-7-21(14-19)29(31)32/h1-15H,16-17H2,(H,28,30)/b27-15+. The van der Waals surface area contributed by atoms with Crippen LogP contribution in [0.2, 0.25) is 0 Å². The fourth-order valence-electron chi connectivity index (χ4n) is 3.12. The van der Waals surface area contributed by atoms with Crippen LogP contribution in [-0.4, -0.2) is 28.6 Å². The summed E-state index contributed by atoms with van der Waals surface area (Å²) >= 11 is 0. The van der Waals surface area contributed by atoms with E-state index in [1.165, 1.54) is 18.3 Å². The number of para-hydroxylation sites is 1. The van der Waals surface area contributed by atoms with Gasteiger partial charge < -0.3 is 9.47 Å². The molecule has 0 saturated carbocycles. The Bertz CT molecular complexity index is 1330. The van der Waals surface area contributed by atoms with Crippen molar-refractivity contribution < 1.29 is 19.2 Å². The number of nitrogens with zero attached hydrogens (tertiary/aromatic N) is 3. The lowest BCUT2D eigenvalue weighted by molar-refractivity contribution is -0.384. The highest BCUT2D eigenvalue weighted by Gasteiger charge is 2.07. The summed E-state index contributed by atoms with van der Waals surface area (Å²) in [6.07, 6.45) is 3.17. The number of fused-ring (bicyclic) bond motifs is 1. The number of nitrogens with one attached hydrogen (secondary N) is 1. The lowest BCUT2D eigenvalue weighted by Crippen LogP contribution is -2.24. The Balaban J connectivity index is 1.25. The third kappa shape index (κ3) is 5.92. The molecule has 0 atom stereocenters. The molecule has 0 aliphatic carbocycles. The van der Waals surface area contributed by atoms with Crippen molar-refractivity contribution in [1.82, 2.24) is 10.4 Å². The minimum absolute atomic E-state index is 0.0221. The summed E-state index contributed by atoms with van der Waals surface area (Å²) in [5, 5.41) is 15.7. The molecule has 9 heteroatoms. The monoisotopic (exact) mass is 456 g/mol. The van der Waals surface area contributed by atoms with E-state index < -0.39 is 10.8 Å². The molecule has 9 nitrogen and oxygen atoms in total. The molecule has 0 bridgehead atoms. The number of pyridine rings is 1. The molecule has 3 aromatic carbocycles. The van der Waals surface area contributed by atoms with E-state index in [1.807, 2.05) is 24.3 Å². The summed E-state index contributed by atoms with van der Waals surface area (Å²) < 4.78 is 11.3. The maximum atomic E-state index is 12.1. The summed E-state index contributed by atoms with van der Waals surface area (Å²) in [6.45, 7) is 0.00878. The maximum absolute atomic E-state index is 12.1. The number of hydrogen-bond acceptors (Lipinski definition) is 7. The van der Waals surface area contributed by atoms with Crippen LogP contribution in [0.3, 0.4) is 0 Å². The highest BCUT2D eigenvalue weighted by atomic mass is 16.6. The molecular weight excluding hydrogens is 436 g/mol. The van der Waals surface area contributed by atoms with Crippen molar-refractivity contribution in [2.45, 2.75) is 6.61 Å². The van der Waals surface area contributed by atoms with Crippen LogP contribution >= 0.6 is 0 Å². The van der Waals surface area contributed by atoms with Gasteiger partial charge in [-0.05, 0) is 47.5 Å². The molecule has 4 aromatic rings. The number of benzene rings is 3. The van der Waals surface area contributed by atoms with Gasteiger partial charge in [-0.2, -0.15) is 5.10 Å². The first-order chi connectivity index (χ1) is 16.6. The molecule has 4 rings (SSSR count). The van der Waals surface area contributed by atoms with Gasteiger partial charge in [0.1, 0.15) is 23.6 Å². The molecule has 0 spiro atoms. The third-order valence-corrected chi connectivity index (χ3v) is 4.76. The Morgan fingerprint density at radius 2 is 1.82 bits per heavy atom. The lowest BCUT2D eigenvalue weighted by atomic mass is 10.2. The number of aromatic nitrogens is 1. The first-order valence-electron chi connectivity index (χ1n) is 10.3. The van der Waals surface area contributed by atoms with E-state index in [0.717, 1.165) is 10.9 Å². The Hall–Kier alpha value is -4.79. The first-order valence-corrected chi connectivity index (χ1v) is 10.3. The average molecular weight is 456 g/mol. The van der Waals surface area contributed by atoms with Crippen LogP contribution in [0.5, 0.6) is 11.5 Å². The zero-order valence-corrected chi connectivity index (χ0v) is 18.0. The van der Waals surface area contributed by atoms with E-state index in [2.05, 4.69) is 15.5 Å². The van der Waals surface area contributed by atoms with Crippen molar-refractivity contribution >= 4 is 28.7 Å². The number of rotatable bonds is 9. The number of non-ortho nitro benzene ring substituents is 1. The van der Waals surface area contributed by atoms with Crippen LogP contribution in [0.1, 0.15) is 11.1 Å². The molecule has 0 saturated heterocycles. The van der Waals surface area contributed by atoms with Gasteiger partial charge in [-0.15, -0.1) is 0 Å². The van der Waals surface area contributed by atoms with Crippen LogP contribution in [-0.2, 0) is 11.4 Å². The van der Waals surface area contributed by atoms with E-state index in [0.29, 0.717) is 22.6 Å². The van der Waals surface area contributed by atoms with Crippen LogP contribution in [0.15, 0.2) is 90.2 Å². The van der Waals surface area contributed by atoms with E-state index in [1.54, 1.807) is 48.7 Å². The molecule has 34 heavy (non-hydrogen) atoms. The highest BCUT2D eigenvalue weighted by molar-refractivity contribution is 5.85. The molecule has 0 aliphatic heterocycles. The molecule has 170 valence electrons. The quantitative estimate of drug-likeness (QED) is 0.229. The van der Waals surface area contributed by atoms with Gasteiger partial charge in [0.2, 0.25) is 0 Å². The highest BCUT2D eigenvalue weighted by Crippen LogP contribution is 2.22. The average Bonchev–Trinajstić information content (AvgIpc) is 2.87. The number of ether oxygens (including phenoxy) is 2. The summed E-state index contributed by atoms with van der Waals surface area (Å²) in [5.41, 5.74) is 4.59. The van der Waals surface area contributed by atoms with Crippen molar-refractivity contribution in [3.63, 3.8) is 0 Å². The Labute approximate surface area is 194 Å². The predicted octanol–water partition coefficient (Wildman–Crippen LogP) is 4.25. The fourth-order valence-corrected chi connectivity index (χ4v) is 3.12. The van der Waals surface area contributed by atoms with Crippen LogP contribution < -0.4 is 14.9 Å². The zero-order chi connectivity index (χ0) is 23.8. The summed E-state index contributed by atoms with van der Waals surface area (Å²) in [6, 6.07) is 22.6. The number of nitro benzene ring substituents is 1. The van der Waals surface area contributed by atoms with Gasteiger partial charge in [0.15, 0.2) is 6.61 Å². The fraction of sp³-hybridized carbons (Fsp3) is 0.0800. The normalized spacial score (nSPS) is 10.8. The largest absolute Gasteiger partial charge is 0.489 e. The third-order valence-electron chi connectivity index (χ3n) is 4.76. The molecule has 1 aromatic heterocycles. The molecule has 0 aliphatic rings. The Morgan fingerprint density at radius 1 is 1.03 bits per heavy atom. The van der Waals surface area contributed by atoms with Gasteiger partial charge in [-0.1, -0.05) is 30.3 Å². The van der Waals surface area contributed by atoms with E-state index >= 15 is 0 Å². The van der Waals surface area contributed by atoms with Gasteiger partial charge in [0.05, 0.1) is 11.1 Å². The van der Waals surface area contributed by atoms with Gasteiger partial charge in [-0.3, -0.25) is 19.9 Å². The SMILES string of the molecule is O=C(COc1cccc2cccnc12)N/N=C/c1ccc(OCc2cccc([N+](=O)[O-])c2)cc1. The second kappa shape index (κ2) is 10.7. The molecular formula is C25H20N4O5. The van der Waals surface area contributed by atoms with Gasteiger partial charge >= 0.3 is 0 Å². The number of hydrogen-bond donors (Lipinski definition) is 1. The molecule has 1 heterocycles. The number of amides is 1. The van der Waals surface area contributed by atoms with Crippen molar-refractivity contribution in [1.29, 1.82) is 0 Å². The predicted molar refractivity (Wildman–Crippen MR) is 127 cm³/mol. The first kappa shape index (κ1) is 22.4. The summed E-state index contributed by atoms with van der Waals surface area (Å²) in [5.74, 6) is 0.726. The number of carbonyl (C=O) groups excluding carboxylic acids is 1. The van der Waals surface area contributed by atoms with Crippen LogP contribution in [0.25, 0.3) is 10.9 Å². The van der Waals surface area contributed by atoms with Crippen molar-refractivity contribution in [2.75, 3.05) is 6.61 Å². The zero-order valence-electron chi connectivity index (χ0n) is 18.0. The molecule has 1 N–H and O–H groups in total. The van der Waals surface area contributed by atoms with Gasteiger partial charge in [-0.25, -0.2) is 5.43 Å². The Morgan fingerprint density at radius 3 is 2.65 bits per heavy atom. The van der Waals surface area contributed by atoms with Crippen LogP contribution in [0.4, 0.5) is 5.69 Å². The van der Waals surface area contributed by atoms with Crippen molar-refractivity contribution in [3.05, 3.63) is 106 Å². The summed E-state index contributed by atoms with van der Waals surface area (Å²) in [4.78, 5) is 26.8.